The van der Waals surface area contributed by atoms with Crippen molar-refractivity contribution in [3.8, 4) is 21.1 Å². The van der Waals surface area contributed by atoms with E-state index in [9.17, 15) is 0 Å². The van der Waals surface area contributed by atoms with Gasteiger partial charge < -0.3 is 0 Å². The van der Waals surface area contributed by atoms with Crippen LogP contribution < -0.4 is 0 Å². The lowest BCUT2D eigenvalue weighted by atomic mass is 10.1. The monoisotopic (exact) mass is 257 g/mol. The molecule has 0 aliphatic carbocycles. The molecule has 0 unspecified atom stereocenters. The summed E-state index contributed by atoms with van der Waals surface area (Å²) < 4.78 is 0. The van der Waals surface area contributed by atoms with Crippen LogP contribution in [0.2, 0.25) is 0 Å². The van der Waals surface area contributed by atoms with Gasteiger partial charge in [-0.3, -0.25) is 0 Å². The van der Waals surface area contributed by atoms with Crippen molar-refractivity contribution < 1.29 is 0 Å². The highest BCUT2D eigenvalue weighted by molar-refractivity contribution is 7.20. The Hall–Kier alpha value is -1.45. The lowest BCUT2D eigenvalue weighted by Gasteiger charge is -1.96. The molecule has 3 heteroatoms. The lowest BCUT2D eigenvalue weighted by molar-refractivity contribution is 1.40. The molecule has 1 nitrogen and oxygen atoms in total. The molecule has 0 bridgehead atoms. The Balaban J connectivity index is 1.98. The molecule has 3 rings (SSSR count). The van der Waals surface area contributed by atoms with E-state index in [1.807, 2.05) is 0 Å². The van der Waals surface area contributed by atoms with Crippen molar-refractivity contribution in [3.63, 3.8) is 0 Å². The van der Waals surface area contributed by atoms with Gasteiger partial charge in [-0.25, -0.2) is 4.98 Å². The molecule has 0 saturated carbocycles. The number of hydrogen-bond acceptors (Lipinski definition) is 3. The van der Waals surface area contributed by atoms with Gasteiger partial charge in [0.25, 0.3) is 0 Å². The second-order valence-corrected chi connectivity index (χ2v) is 5.69. The minimum absolute atomic E-state index is 1.07. The lowest BCUT2D eigenvalue weighted by Crippen LogP contribution is -1.78. The van der Waals surface area contributed by atoms with Crippen molar-refractivity contribution in [2.45, 2.75) is 6.92 Å². The Morgan fingerprint density at radius 2 is 1.82 bits per heavy atom. The summed E-state index contributed by atoms with van der Waals surface area (Å²) in [7, 11) is 0. The molecule has 0 saturated heterocycles. The first-order valence-corrected chi connectivity index (χ1v) is 7.15. The second-order valence-electron chi connectivity index (χ2n) is 3.88. The molecular weight excluding hydrogens is 246 g/mol. The van der Waals surface area contributed by atoms with Crippen LogP contribution in [-0.4, -0.2) is 4.98 Å². The first-order valence-electron chi connectivity index (χ1n) is 5.39. The van der Waals surface area contributed by atoms with Crippen molar-refractivity contribution in [2.24, 2.45) is 0 Å². The SMILES string of the molecule is Cc1ccc(-c2csc(-c3cccs3)n2)cc1. The van der Waals surface area contributed by atoms with E-state index >= 15 is 0 Å². The third-order valence-electron chi connectivity index (χ3n) is 2.58. The number of rotatable bonds is 2. The van der Waals surface area contributed by atoms with Crippen LogP contribution in [0.5, 0.6) is 0 Å². The van der Waals surface area contributed by atoms with Crippen molar-refractivity contribution >= 4 is 22.7 Å². The highest BCUT2D eigenvalue weighted by atomic mass is 32.1. The van der Waals surface area contributed by atoms with Crippen LogP contribution in [0.1, 0.15) is 5.56 Å². The summed E-state index contributed by atoms with van der Waals surface area (Å²) in [6, 6.07) is 12.7. The van der Waals surface area contributed by atoms with E-state index < -0.39 is 0 Å². The van der Waals surface area contributed by atoms with Crippen LogP contribution in [-0.2, 0) is 0 Å². The smallest absolute Gasteiger partial charge is 0.134 e. The van der Waals surface area contributed by atoms with Gasteiger partial charge in [0.15, 0.2) is 0 Å². The highest BCUT2D eigenvalue weighted by Gasteiger charge is 2.06. The van der Waals surface area contributed by atoms with Crippen LogP contribution in [0, 0.1) is 6.92 Å². The number of aryl methyl sites for hydroxylation is 1. The zero-order chi connectivity index (χ0) is 11.7. The fraction of sp³-hybridized carbons (Fsp3) is 0.0714. The second kappa shape index (κ2) is 4.43. The minimum atomic E-state index is 1.07. The predicted octanol–water partition coefficient (Wildman–Crippen LogP) is 4.85. The van der Waals surface area contributed by atoms with E-state index in [2.05, 4.69) is 59.1 Å². The molecule has 3 aromatic rings. The van der Waals surface area contributed by atoms with E-state index in [1.54, 1.807) is 22.7 Å². The van der Waals surface area contributed by atoms with Gasteiger partial charge in [0.05, 0.1) is 10.6 Å². The first-order chi connectivity index (χ1) is 8.33. The van der Waals surface area contributed by atoms with Crippen molar-refractivity contribution in [1.82, 2.24) is 4.98 Å². The van der Waals surface area contributed by atoms with E-state index in [1.165, 1.54) is 16.0 Å². The minimum Gasteiger partial charge on any atom is -0.235 e. The standard InChI is InChI=1S/C14H11NS2/c1-10-4-6-11(7-5-10)12-9-17-14(15-12)13-3-2-8-16-13/h2-9H,1H3. The Morgan fingerprint density at radius 3 is 2.53 bits per heavy atom. The molecule has 2 heterocycles. The van der Waals surface area contributed by atoms with Gasteiger partial charge in [0.2, 0.25) is 0 Å². The maximum Gasteiger partial charge on any atom is 0.134 e. The van der Waals surface area contributed by atoms with E-state index in [0.717, 1.165) is 10.7 Å². The molecule has 1 aromatic carbocycles. The van der Waals surface area contributed by atoms with Crippen LogP contribution in [0.25, 0.3) is 21.1 Å². The molecule has 17 heavy (non-hydrogen) atoms. The fourth-order valence-corrected chi connectivity index (χ4v) is 3.29. The van der Waals surface area contributed by atoms with Crippen LogP contribution >= 0.6 is 22.7 Å². The molecule has 0 aliphatic rings. The van der Waals surface area contributed by atoms with E-state index in [4.69, 9.17) is 0 Å². The molecule has 0 aliphatic heterocycles. The Bertz CT molecular complexity index is 606. The third-order valence-corrected chi connectivity index (χ3v) is 4.46. The Kier molecular flexibility index (Phi) is 2.79. The van der Waals surface area contributed by atoms with Crippen molar-refractivity contribution in [2.75, 3.05) is 0 Å². The molecular formula is C14H11NS2. The van der Waals surface area contributed by atoms with Gasteiger partial charge in [-0.2, -0.15) is 0 Å². The van der Waals surface area contributed by atoms with Gasteiger partial charge in [-0.15, -0.1) is 22.7 Å². The van der Waals surface area contributed by atoms with E-state index in [-0.39, 0.29) is 0 Å². The summed E-state index contributed by atoms with van der Waals surface area (Å²) in [6.07, 6.45) is 0. The summed E-state index contributed by atoms with van der Waals surface area (Å²) in [5.41, 5.74) is 3.54. The molecule has 2 aromatic heterocycles. The van der Waals surface area contributed by atoms with Crippen LogP contribution in [0.3, 0.4) is 0 Å². The average molecular weight is 257 g/mol. The topological polar surface area (TPSA) is 12.9 Å². The van der Waals surface area contributed by atoms with Gasteiger partial charge in [0.1, 0.15) is 5.01 Å². The Labute approximate surface area is 108 Å². The van der Waals surface area contributed by atoms with Crippen molar-refractivity contribution in [1.29, 1.82) is 0 Å². The van der Waals surface area contributed by atoms with Crippen molar-refractivity contribution in [3.05, 3.63) is 52.7 Å². The summed E-state index contributed by atoms with van der Waals surface area (Å²) in [6.45, 7) is 2.10. The zero-order valence-electron chi connectivity index (χ0n) is 9.38. The number of nitrogens with zero attached hydrogens (tertiary/aromatic N) is 1. The van der Waals surface area contributed by atoms with Gasteiger partial charge in [-0.1, -0.05) is 35.9 Å². The molecule has 0 N–H and O–H groups in total. The number of aromatic nitrogens is 1. The molecule has 0 atom stereocenters. The highest BCUT2D eigenvalue weighted by Crippen LogP contribution is 2.31. The first kappa shape index (κ1) is 10.7. The summed E-state index contributed by atoms with van der Waals surface area (Å²) in [4.78, 5) is 5.93. The third kappa shape index (κ3) is 2.16. The zero-order valence-corrected chi connectivity index (χ0v) is 11.0. The normalized spacial score (nSPS) is 10.6. The molecule has 0 radical (unpaired) electrons. The van der Waals surface area contributed by atoms with Crippen LogP contribution in [0.15, 0.2) is 47.2 Å². The largest absolute Gasteiger partial charge is 0.235 e. The van der Waals surface area contributed by atoms with Gasteiger partial charge >= 0.3 is 0 Å². The summed E-state index contributed by atoms with van der Waals surface area (Å²) in [5, 5.41) is 5.32. The molecule has 0 spiro atoms. The Morgan fingerprint density at radius 1 is 1.00 bits per heavy atom. The fourth-order valence-electron chi connectivity index (χ4n) is 1.64. The number of hydrogen-bond donors (Lipinski definition) is 0. The van der Waals surface area contributed by atoms with Gasteiger partial charge in [0, 0.05) is 10.9 Å². The molecule has 0 amide bonds. The quantitative estimate of drug-likeness (QED) is 0.639. The van der Waals surface area contributed by atoms with E-state index in [0.29, 0.717) is 0 Å². The summed E-state index contributed by atoms with van der Waals surface area (Å²) >= 11 is 3.44. The number of thiazole rings is 1. The number of thiophene rings is 1. The summed E-state index contributed by atoms with van der Waals surface area (Å²) in [5.74, 6) is 0. The molecule has 84 valence electrons. The maximum absolute atomic E-state index is 4.68. The number of benzene rings is 1. The maximum atomic E-state index is 4.68. The van der Waals surface area contributed by atoms with Crippen LogP contribution in [0.4, 0.5) is 0 Å². The van der Waals surface area contributed by atoms with Gasteiger partial charge in [-0.05, 0) is 18.4 Å². The average Bonchev–Trinajstić information content (AvgIpc) is 3.00. The predicted molar refractivity (Wildman–Crippen MR) is 75.6 cm³/mol. The molecule has 0 fully saturated rings.